The second-order valence-electron chi connectivity index (χ2n) is 5.01. The molecule has 1 aromatic carbocycles. The molecule has 0 N–H and O–H groups in total. The number of para-hydroxylation sites is 1. The standard InChI is InChI=1S/C16H16ClNO2/c1-11(17)14-8-9-15(20-14)16(19)18-10-4-6-12-5-2-3-7-13(12)18/h2-3,5,7-9,11H,4,6,10H2,1H3. The zero-order chi connectivity index (χ0) is 14.1. The molecule has 0 aliphatic carbocycles. The maximum atomic E-state index is 12.6. The average Bonchev–Trinajstić information content (AvgIpc) is 2.96. The summed E-state index contributed by atoms with van der Waals surface area (Å²) in [4.78, 5) is 14.4. The topological polar surface area (TPSA) is 33.5 Å². The Kier molecular flexibility index (Phi) is 3.53. The van der Waals surface area contributed by atoms with Crippen LogP contribution in [0.2, 0.25) is 0 Å². The Hall–Kier alpha value is -1.74. The minimum atomic E-state index is -0.231. The maximum Gasteiger partial charge on any atom is 0.293 e. The first-order valence-corrected chi connectivity index (χ1v) is 7.24. The number of alkyl halides is 1. The van der Waals surface area contributed by atoms with Crippen LogP contribution in [0.3, 0.4) is 0 Å². The first kappa shape index (κ1) is 13.3. The van der Waals surface area contributed by atoms with Gasteiger partial charge in [0.05, 0.1) is 5.38 Å². The third kappa shape index (κ3) is 2.34. The lowest BCUT2D eigenvalue weighted by Gasteiger charge is -2.28. The second-order valence-corrected chi connectivity index (χ2v) is 5.66. The van der Waals surface area contributed by atoms with E-state index in [1.807, 2.05) is 25.1 Å². The Bertz CT molecular complexity index is 633. The minimum absolute atomic E-state index is 0.0966. The zero-order valence-electron chi connectivity index (χ0n) is 11.3. The summed E-state index contributed by atoms with van der Waals surface area (Å²) in [6, 6.07) is 11.5. The molecule has 1 aromatic heterocycles. The highest BCUT2D eigenvalue weighted by Crippen LogP contribution is 2.29. The number of nitrogens with zero attached hydrogens (tertiary/aromatic N) is 1. The van der Waals surface area contributed by atoms with Crippen molar-refractivity contribution in [2.75, 3.05) is 11.4 Å². The molecule has 1 atom stereocenters. The molecule has 0 saturated carbocycles. The largest absolute Gasteiger partial charge is 0.454 e. The number of carbonyl (C=O) groups is 1. The van der Waals surface area contributed by atoms with E-state index in [-0.39, 0.29) is 11.3 Å². The van der Waals surface area contributed by atoms with Crippen LogP contribution in [0, 0.1) is 0 Å². The number of halogens is 1. The van der Waals surface area contributed by atoms with E-state index < -0.39 is 0 Å². The van der Waals surface area contributed by atoms with E-state index in [0.717, 1.165) is 25.1 Å². The van der Waals surface area contributed by atoms with Crippen molar-refractivity contribution in [3.05, 3.63) is 53.5 Å². The van der Waals surface area contributed by atoms with Gasteiger partial charge in [-0.05, 0) is 43.5 Å². The Balaban J connectivity index is 1.91. The monoisotopic (exact) mass is 289 g/mol. The van der Waals surface area contributed by atoms with E-state index in [1.165, 1.54) is 5.56 Å². The number of rotatable bonds is 2. The number of hydrogen-bond acceptors (Lipinski definition) is 2. The number of aryl methyl sites for hydroxylation is 1. The van der Waals surface area contributed by atoms with Gasteiger partial charge < -0.3 is 9.32 Å². The number of anilines is 1. The van der Waals surface area contributed by atoms with Gasteiger partial charge in [-0.25, -0.2) is 0 Å². The zero-order valence-corrected chi connectivity index (χ0v) is 12.1. The molecule has 0 bridgehead atoms. The minimum Gasteiger partial charge on any atom is -0.454 e. The molecule has 0 radical (unpaired) electrons. The summed E-state index contributed by atoms with van der Waals surface area (Å²) in [7, 11) is 0. The number of benzene rings is 1. The van der Waals surface area contributed by atoms with Gasteiger partial charge in [0.15, 0.2) is 5.76 Å². The smallest absolute Gasteiger partial charge is 0.293 e. The molecule has 1 aliphatic rings. The quantitative estimate of drug-likeness (QED) is 0.777. The fourth-order valence-corrected chi connectivity index (χ4v) is 2.68. The van der Waals surface area contributed by atoms with Gasteiger partial charge in [-0.1, -0.05) is 18.2 Å². The third-order valence-corrected chi connectivity index (χ3v) is 3.80. The molecule has 20 heavy (non-hydrogen) atoms. The van der Waals surface area contributed by atoms with E-state index in [4.69, 9.17) is 16.0 Å². The van der Waals surface area contributed by atoms with Gasteiger partial charge in [0.1, 0.15) is 5.76 Å². The van der Waals surface area contributed by atoms with Crippen molar-refractivity contribution in [2.24, 2.45) is 0 Å². The molecule has 2 aromatic rings. The van der Waals surface area contributed by atoms with E-state index in [2.05, 4.69) is 6.07 Å². The molecule has 4 heteroatoms. The highest BCUT2D eigenvalue weighted by molar-refractivity contribution is 6.20. The van der Waals surface area contributed by atoms with E-state index in [9.17, 15) is 4.79 Å². The summed E-state index contributed by atoms with van der Waals surface area (Å²) in [6.07, 6.45) is 1.99. The Labute approximate surface area is 123 Å². The molecular formula is C16H16ClNO2. The molecule has 0 saturated heterocycles. The summed E-state index contributed by atoms with van der Waals surface area (Å²) >= 11 is 5.97. The Morgan fingerprint density at radius 2 is 2.10 bits per heavy atom. The van der Waals surface area contributed by atoms with Crippen LogP contribution in [0.5, 0.6) is 0 Å². The SMILES string of the molecule is CC(Cl)c1ccc(C(=O)N2CCCc3ccccc32)o1. The number of hydrogen-bond donors (Lipinski definition) is 0. The van der Waals surface area contributed by atoms with Gasteiger partial charge in [0.25, 0.3) is 5.91 Å². The molecule has 2 heterocycles. The second kappa shape index (κ2) is 5.33. The molecule has 1 unspecified atom stereocenters. The number of carbonyl (C=O) groups excluding carboxylic acids is 1. The number of fused-ring (bicyclic) bond motifs is 1. The van der Waals surface area contributed by atoms with E-state index in [1.54, 1.807) is 17.0 Å². The average molecular weight is 290 g/mol. The molecule has 3 nitrogen and oxygen atoms in total. The fourth-order valence-electron chi connectivity index (χ4n) is 2.56. The summed E-state index contributed by atoms with van der Waals surface area (Å²) in [5.74, 6) is 0.880. The number of amides is 1. The van der Waals surface area contributed by atoms with Crippen molar-refractivity contribution in [1.82, 2.24) is 0 Å². The van der Waals surface area contributed by atoms with Crippen LogP contribution in [0.1, 0.15) is 40.6 Å². The van der Waals surface area contributed by atoms with Crippen molar-refractivity contribution in [3.63, 3.8) is 0 Å². The predicted molar refractivity (Wildman–Crippen MR) is 79.4 cm³/mol. The van der Waals surface area contributed by atoms with Crippen LogP contribution >= 0.6 is 11.6 Å². The van der Waals surface area contributed by atoms with Gasteiger partial charge in [-0.15, -0.1) is 11.6 Å². The lowest BCUT2D eigenvalue weighted by Crippen LogP contribution is -2.35. The summed E-state index contributed by atoms with van der Waals surface area (Å²) in [5.41, 5.74) is 2.20. The van der Waals surface area contributed by atoms with Crippen LogP contribution < -0.4 is 4.90 Å². The number of furan rings is 1. The van der Waals surface area contributed by atoms with Gasteiger partial charge >= 0.3 is 0 Å². The summed E-state index contributed by atoms with van der Waals surface area (Å²) < 4.78 is 5.55. The molecule has 1 aliphatic heterocycles. The molecule has 1 amide bonds. The lowest BCUT2D eigenvalue weighted by atomic mass is 10.0. The molecule has 104 valence electrons. The predicted octanol–water partition coefficient (Wildman–Crippen LogP) is 4.17. The first-order chi connectivity index (χ1) is 9.66. The van der Waals surface area contributed by atoms with Gasteiger partial charge in [0.2, 0.25) is 0 Å². The van der Waals surface area contributed by atoms with Crippen LogP contribution in [0.15, 0.2) is 40.8 Å². The van der Waals surface area contributed by atoms with Gasteiger partial charge in [-0.2, -0.15) is 0 Å². The normalized spacial score (nSPS) is 15.8. The van der Waals surface area contributed by atoms with E-state index >= 15 is 0 Å². The third-order valence-electron chi connectivity index (χ3n) is 3.59. The molecular weight excluding hydrogens is 274 g/mol. The van der Waals surface area contributed by atoms with Crippen LogP contribution in [-0.2, 0) is 6.42 Å². The fraction of sp³-hybridized carbons (Fsp3) is 0.312. The van der Waals surface area contributed by atoms with Crippen molar-refractivity contribution in [2.45, 2.75) is 25.1 Å². The summed E-state index contributed by atoms with van der Waals surface area (Å²) in [5, 5.41) is -0.231. The van der Waals surface area contributed by atoms with Crippen molar-refractivity contribution >= 4 is 23.2 Å². The molecule has 3 rings (SSSR count). The van der Waals surface area contributed by atoms with Crippen molar-refractivity contribution < 1.29 is 9.21 Å². The highest BCUT2D eigenvalue weighted by atomic mass is 35.5. The van der Waals surface area contributed by atoms with Gasteiger partial charge in [-0.3, -0.25) is 4.79 Å². The Morgan fingerprint density at radius 3 is 2.85 bits per heavy atom. The molecule has 0 spiro atoms. The van der Waals surface area contributed by atoms with Gasteiger partial charge in [0, 0.05) is 12.2 Å². The first-order valence-electron chi connectivity index (χ1n) is 6.80. The van der Waals surface area contributed by atoms with Crippen LogP contribution in [-0.4, -0.2) is 12.5 Å². The summed E-state index contributed by atoms with van der Waals surface area (Å²) in [6.45, 7) is 2.55. The van der Waals surface area contributed by atoms with Crippen LogP contribution in [0.25, 0.3) is 0 Å². The highest BCUT2D eigenvalue weighted by Gasteiger charge is 2.25. The maximum absolute atomic E-state index is 12.6. The van der Waals surface area contributed by atoms with E-state index in [0.29, 0.717) is 11.5 Å². The Morgan fingerprint density at radius 1 is 1.30 bits per heavy atom. The van der Waals surface area contributed by atoms with Crippen molar-refractivity contribution in [1.29, 1.82) is 0 Å². The van der Waals surface area contributed by atoms with Crippen molar-refractivity contribution in [3.8, 4) is 0 Å². The van der Waals surface area contributed by atoms with Crippen LogP contribution in [0.4, 0.5) is 5.69 Å². The molecule has 0 fully saturated rings. The lowest BCUT2D eigenvalue weighted by molar-refractivity contribution is 0.0956.